The van der Waals surface area contributed by atoms with Crippen LogP contribution in [0.25, 0.3) is 0 Å². The molecule has 7 heteroatoms. The molecule has 0 atom stereocenters. The Balaban J connectivity index is 2.33. The van der Waals surface area contributed by atoms with E-state index < -0.39 is 5.97 Å². The quantitative estimate of drug-likeness (QED) is 0.647. The Morgan fingerprint density at radius 1 is 1.11 bits per heavy atom. The second-order valence-corrected chi connectivity index (χ2v) is 8.43. The summed E-state index contributed by atoms with van der Waals surface area (Å²) >= 11 is 1.41. The van der Waals surface area contributed by atoms with Gasteiger partial charge in [-0.1, -0.05) is 44.7 Å². The molecule has 152 valence electrons. The number of hydrogen-bond acceptors (Lipinski definition) is 5. The van der Waals surface area contributed by atoms with E-state index in [0.29, 0.717) is 18.1 Å². The van der Waals surface area contributed by atoms with E-state index in [0.717, 1.165) is 9.58 Å². The van der Waals surface area contributed by atoms with E-state index >= 15 is 0 Å². The van der Waals surface area contributed by atoms with Crippen LogP contribution in [0.2, 0.25) is 0 Å². The highest BCUT2D eigenvalue weighted by atomic mass is 32.2. The van der Waals surface area contributed by atoms with Crippen molar-refractivity contribution < 1.29 is 14.3 Å². The number of aromatic nitrogens is 2. The van der Waals surface area contributed by atoms with Crippen LogP contribution in [0.3, 0.4) is 0 Å². The van der Waals surface area contributed by atoms with Crippen molar-refractivity contribution in [2.24, 2.45) is 0 Å². The summed E-state index contributed by atoms with van der Waals surface area (Å²) in [5.74, 6) is -0.551. The lowest BCUT2D eigenvalue weighted by Crippen LogP contribution is -2.36. The molecule has 1 aromatic carbocycles. The van der Waals surface area contributed by atoms with Crippen LogP contribution in [0.15, 0.2) is 40.3 Å². The third-order valence-electron chi connectivity index (χ3n) is 4.33. The van der Waals surface area contributed by atoms with Crippen LogP contribution in [0.1, 0.15) is 57.6 Å². The Kier molecular flexibility index (Phi) is 7.29. The summed E-state index contributed by atoms with van der Waals surface area (Å²) in [6, 6.07) is 9.52. The monoisotopic (exact) mass is 403 g/mol. The van der Waals surface area contributed by atoms with Gasteiger partial charge in [0.2, 0.25) is 0 Å². The topological polar surface area (TPSA) is 64.4 Å². The summed E-state index contributed by atoms with van der Waals surface area (Å²) in [5, 5.41) is 4.96. The van der Waals surface area contributed by atoms with Crippen molar-refractivity contribution in [1.82, 2.24) is 14.7 Å². The normalized spacial score (nSPS) is 11.4. The molecular weight excluding hydrogens is 374 g/mol. The smallest absolute Gasteiger partial charge is 0.357 e. The minimum atomic E-state index is -0.551. The Morgan fingerprint density at radius 3 is 2.21 bits per heavy atom. The van der Waals surface area contributed by atoms with Gasteiger partial charge in [0.05, 0.1) is 6.61 Å². The number of carbonyl (C=O) groups is 2. The van der Waals surface area contributed by atoms with Gasteiger partial charge in [-0.25, -0.2) is 9.59 Å². The Labute approximate surface area is 171 Å². The first-order valence-electron chi connectivity index (χ1n) is 9.56. The number of carbonyl (C=O) groups excluding carboxylic acids is 2. The predicted molar refractivity (Wildman–Crippen MR) is 111 cm³/mol. The molecule has 2 rings (SSSR count). The van der Waals surface area contributed by atoms with Crippen LogP contribution in [-0.2, 0) is 10.2 Å². The summed E-state index contributed by atoms with van der Waals surface area (Å²) in [7, 11) is 0. The van der Waals surface area contributed by atoms with Gasteiger partial charge in [0.15, 0.2) is 5.69 Å². The second-order valence-electron chi connectivity index (χ2n) is 7.33. The minimum absolute atomic E-state index is 0.0814. The van der Waals surface area contributed by atoms with E-state index in [2.05, 4.69) is 38.0 Å². The van der Waals surface area contributed by atoms with Crippen molar-refractivity contribution in [3.05, 3.63) is 41.6 Å². The van der Waals surface area contributed by atoms with Crippen molar-refractivity contribution >= 4 is 23.8 Å². The molecule has 0 aliphatic rings. The maximum absolute atomic E-state index is 12.8. The SMILES string of the molecule is CCOC(=O)c1cc(Sc2ccc(C(C)(C)C)cc2)nn1C(=O)N(CC)CC. The molecular formula is C21H29N3O3S. The highest BCUT2D eigenvalue weighted by Gasteiger charge is 2.24. The molecule has 0 spiro atoms. The summed E-state index contributed by atoms with van der Waals surface area (Å²) in [5.41, 5.74) is 1.47. The van der Waals surface area contributed by atoms with Gasteiger partial charge in [-0.3, -0.25) is 0 Å². The summed E-state index contributed by atoms with van der Waals surface area (Å²) in [4.78, 5) is 27.7. The first-order valence-corrected chi connectivity index (χ1v) is 10.4. The fourth-order valence-electron chi connectivity index (χ4n) is 2.68. The van der Waals surface area contributed by atoms with Crippen LogP contribution in [0.4, 0.5) is 4.79 Å². The molecule has 0 unspecified atom stereocenters. The molecule has 0 radical (unpaired) electrons. The van der Waals surface area contributed by atoms with Crippen LogP contribution >= 0.6 is 11.8 Å². The first kappa shape index (κ1) is 22.0. The van der Waals surface area contributed by atoms with Gasteiger partial charge in [-0.2, -0.15) is 9.78 Å². The molecule has 0 fully saturated rings. The molecule has 6 nitrogen and oxygen atoms in total. The lowest BCUT2D eigenvalue weighted by atomic mass is 9.87. The summed E-state index contributed by atoms with van der Waals surface area (Å²) < 4.78 is 6.25. The fourth-order valence-corrected chi connectivity index (χ4v) is 3.48. The van der Waals surface area contributed by atoms with Crippen molar-refractivity contribution in [3.63, 3.8) is 0 Å². The average molecular weight is 404 g/mol. The molecule has 1 heterocycles. The Bertz CT molecular complexity index is 818. The van der Waals surface area contributed by atoms with Gasteiger partial charge < -0.3 is 9.64 Å². The molecule has 0 saturated heterocycles. The second kappa shape index (κ2) is 9.28. The number of nitrogens with zero attached hydrogens (tertiary/aromatic N) is 3. The lowest BCUT2D eigenvalue weighted by molar-refractivity contribution is 0.0513. The number of amides is 1. The third-order valence-corrected chi connectivity index (χ3v) is 5.25. The zero-order chi connectivity index (χ0) is 20.9. The maximum atomic E-state index is 12.8. The third kappa shape index (κ3) is 5.16. The van der Waals surface area contributed by atoms with Gasteiger partial charge in [0, 0.05) is 24.1 Å². The maximum Gasteiger partial charge on any atom is 0.357 e. The van der Waals surface area contributed by atoms with Crippen molar-refractivity contribution in [2.75, 3.05) is 19.7 Å². The lowest BCUT2D eigenvalue weighted by Gasteiger charge is -2.19. The van der Waals surface area contributed by atoms with Gasteiger partial charge in [-0.05, 0) is 43.9 Å². The molecule has 0 aliphatic carbocycles. The number of rotatable bonds is 6. The zero-order valence-corrected chi connectivity index (χ0v) is 18.3. The van der Waals surface area contributed by atoms with Crippen LogP contribution in [-0.4, -0.2) is 46.4 Å². The zero-order valence-electron chi connectivity index (χ0n) is 17.5. The van der Waals surface area contributed by atoms with Crippen molar-refractivity contribution in [3.8, 4) is 0 Å². The molecule has 2 aromatic rings. The standard InChI is InChI=1S/C21H29N3O3S/c1-7-23(8-2)20(26)24-17(19(25)27-9-3)14-18(22-24)28-16-12-10-15(11-13-16)21(4,5)6/h10-14H,7-9H2,1-6H3. The predicted octanol–water partition coefficient (Wildman–Crippen LogP) is 4.82. The molecule has 0 saturated carbocycles. The highest BCUT2D eigenvalue weighted by molar-refractivity contribution is 7.99. The number of ether oxygens (including phenoxy) is 1. The van der Waals surface area contributed by atoms with Crippen molar-refractivity contribution in [2.45, 2.75) is 56.9 Å². The van der Waals surface area contributed by atoms with E-state index in [1.165, 1.54) is 17.3 Å². The van der Waals surface area contributed by atoms with E-state index in [-0.39, 0.29) is 23.7 Å². The van der Waals surface area contributed by atoms with Gasteiger partial charge in [0.25, 0.3) is 0 Å². The van der Waals surface area contributed by atoms with Gasteiger partial charge in [0.1, 0.15) is 5.03 Å². The Morgan fingerprint density at radius 2 is 1.71 bits per heavy atom. The first-order chi connectivity index (χ1) is 13.2. The Hall–Kier alpha value is -2.28. The molecule has 0 aliphatic heterocycles. The molecule has 0 N–H and O–H groups in total. The number of benzene rings is 1. The molecule has 0 bridgehead atoms. The average Bonchev–Trinajstić information content (AvgIpc) is 3.06. The highest BCUT2D eigenvalue weighted by Crippen LogP contribution is 2.30. The molecule has 1 amide bonds. The van der Waals surface area contributed by atoms with Crippen molar-refractivity contribution in [1.29, 1.82) is 0 Å². The van der Waals surface area contributed by atoms with Gasteiger partial charge >= 0.3 is 12.0 Å². The van der Waals surface area contributed by atoms with Crippen LogP contribution in [0, 0.1) is 0 Å². The number of hydrogen-bond donors (Lipinski definition) is 0. The molecule has 1 aromatic heterocycles. The van der Waals surface area contributed by atoms with E-state index in [1.54, 1.807) is 17.9 Å². The summed E-state index contributed by atoms with van der Waals surface area (Å²) in [6.45, 7) is 13.3. The molecule has 28 heavy (non-hydrogen) atoms. The summed E-state index contributed by atoms with van der Waals surface area (Å²) in [6.07, 6.45) is 0. The minimum Gasteiger partial charge on any atom is -0.461 e. The fraction of sp³-hybridized carbons (Fsp3) is 0.476. The van der Waals surface area contributed by atoms with E-state index in [1.807, 2.05) is 26.0 Å². The van der Waals surface area contributed by atoms with E-state index in [4.69, 9.17) is 4.74 Å². The van der Waals surface area contributed by atoms with Gasteiger partial charge in [-0.15, -0.1) is 0 Å². The largest absolute Gasteiger partial charge is 0.461 e. The van der Waals surface area contributed by atoms with Crippen LogP contribution in [0.5, 0.6) is 0 Å². The number of esters is 1. The van der Waals surface area contributed by atoms with E-state index in [9.17, 15) is 9.59 Å². The van der Waals surface area contributed by atoms with Crippen LogP contribution < -0.4 is 0 Å².